The van der Waals surface area contributed by atoms with Crippen molar-refractivity contribution in [2.24, 2.45) is 5.92 Å². The first-order chi connectivity index (χ1) is 16.6. The number of methoxy groups -OCH3 is 1. The van der Waals surface area contributed by atoms with Crippen molar-refractivity contribution >= 4 is 31.8 Å². The standard InChI is InChI=1S/C22H24N4O7S2/c1-32-17-9-7-16(8-10-17)21-24-25-22(33-21)23-20(27)15-11-13-26(14-12-15)35(30,31)19-6-4-3-5-18(19)34(2,28)29/h3-10,15H,11-14H2,1-2H3,(H,23,25,27). The van der Waals surface area contributed by atoms with Crippen molar-refractivity contribution in [2.45, 2.75) is 22.6 Å². The van der Waals surface area contributed by atoms with Crippen LogP contribution in [0.4, 0.5) is 6.01 Å². The lowest BCUT2D eigenvalue weighted by Crippen LogP contribution is -2.41. The van der Waals surface area contributed by atoms with Gasteiger partial charge in [0.25, 0.3) is 0 Å². The number of hydrogen-bond donors (Lipinski definition) is 1. The van der Waals surface area contributed by atoms with Crippen molar-refractivity contribution in [1.29, 1.82) is 0 Å². The Balaban J connectivity index is 1.39. The Hall–Kier alpha value is -3.29. The van der Waals surface area contributed by atoms with E-state index in [1.54, 1.807) is 31.4 Å². The third kappa shape index (κ3) is 5.36. The SMILES string of the molecule is COc1ccc(-c2nnc(NC(=O)C3CCN(S(=O)(=O)c4ccccc4S(C)(=O)=O)CC3)o2)cc1. The molecule has 0 bridgehead atoms. The summed E-state index contributed by atoms with van der Waals surface area (Å²) in [6, 6.07) is 12.4. The molecule has 0 atom stereocenters. The molecule has 0 aliphatic carbocycles. The lowest BCUT2D eigenvalue weighted by molar-refractivity contribution is -0.121. The summed E-state index contributed by atoms with van der Waals surface area (Å²) in [7, 11) is -6.22. The topological polar surface area (TPSA) is 149 Å². The molecule has 11 nitrogen and oxygen atoms in total. The molecule has 1 fully saturated rings. The summed E-state index contributed by atoms with van der Waals surface area (Å²) in [4.78, 5) is 12.2. The number of carbonyl (C=O) groups excluding carboxylic acids is 1. The molecule has 3 aromatic rings. The number of piperidine rings is 1. The van der Waals surface area contributed by atoms with Crippen molar-refractivity contribution in [3.63, 3.8) is 0 Å². The second kappa shape index (κ2) is 9.76. The summed E-state index contributed by atoms with van der Waals surface area (Å²) in [6.45, 7) is 0.138. The Labute approximate surface area is 203 Å². The number of nitrogens with one attached hydrogen (secondary N) is 1. The maximum atomic E-state index is 13.1. The van der Waals surface area contributed by atoms with Gasteiger partial charge in [-0.2, -0.15) is 4.31 Å². The Morgan fingerprint density at radius 1 is 1.00 bits per heavy atom. The fourth-order valence-electron chi connectivity index (χ4n) is 3.80. The second-order valence-electron chi connectivity index (χ2n) is 8.03. The Morgan fingerprint density at radius 3 is 2.23 bits per heavy atom. The molecule has 4 rings (SSSR count). The van der Waals surface area contributed by atoms with Crippen molar-refractivity contribution in [3.05, 3.63) is 48.5 Å². The lowest BCUT2D eigenvalue weighted by atomic mass is 9.97. The van der Waals surface area contributed by atoms with Gasteiger partial charge in [0.2, 0.25) is 21.8 Å². The molecule has 2 aromatic carbocycles. The second-order valence-corrected chi connectivity index (χ2v) is 11.9. The van der Waals surface area contributed by atoms with Gasteiger partial charge < -0.3 is 9.15 Å². The number of hydrogen-bond acceptors (Lipinski definition) is 9. The van der Waals surface area contributed by atoms with E-state index in [1.807, 2.05) is 0 Å². The molecule has 0 unspecified atom stereocenters. The number of sulfonamides is 1. The van der Waals surface area contributed by atoms with E-state index in [4.69, 9.17) is 9.15 Å². The van der Waals surface area contributed by atoms with E-state index in [9.17, 15) is 21.6 Å². The van der Waals surface area contributed by atoms with Gasteiger partial charge in [-0.15, -0.1) is 5.10 Å². The van der Waals surface area contributed by atoms with Crippen LogP contribution in [-0.2, 0) is 24.7 Å². The zero-order valence-corrected chi connectivity index (χ0v) is 20.7. The number of amides is 1. The van der Waals surface area contributed by atoms with Gasteiger partial charge in [-0.25, -0.2) is 16.8 Å². The molecule has 2 heterocycles. The Morgan fingerprint density at radius 2 is 1.63 bits per heavy atom. The van der Waals surface area contributed by atoms with Gasteiger partial charge in [0, 0.05) is 30.8 Å². The highest BCUT2D eigenvalue weighted by Gasteiger charge is 2.35. The molecule has 1 amide bonds. The van der Waals surface area contributed by atoms with Gasteiger partial charge in [0.1, 0.15) is 10.6 Å². The predicted octanol–water partition coefficient (Wildman–Crippen LogP) is 2.19. The van der Waals surface area contributed by atoms with Crippen molar-refractivity contribution in [2.75, 3.05) is 31.8 Å². The van der Waals surface area contributed by atoms with Gasteiger partial charge in [0.15, 0.2) is 9.84 Å². The van der Waals surface area contributed by atoms with Crippen LogP contribution in [0.3, 0.4) is 0 Å². The fraction of sp³-hybridized carbons (Fsp3) is 0.318. The maximum Gasteiger partial charge on any atom is 0.322 e. The number of benzene rings is 2. The summed E-state index contributed by atoms with van der Waals surface area (Å²) >= 11 is 0. The number of ether oxygens (including phenoxy) is 1. The van der Waals surface area contributed by atoms with Crippen LogP contribution in [0.15, 0.2) is 62.7 Å². The number of aromatic nitrogens is 2. The minimum Gasteiger partial charge on any atom is -0.497 e. The van der Waals surface area contributed by atoms with Crippen LogP contribution in [-0.4, -0.2) is 63.7 Å². The summed E-state index contributed by atoms with van der Waals surface area (Å²) in [5.41, 5.74) is 0.659. The Kier molecular flexibility index (Phi) is 6.92. The highest BCUT2D eigenvalue weighted by Crippen LogP contribution is 2.29. The number of carbonyl (C=O) groups is 1. The molecular formula is C22H24N4O7S2. The van der Waals surface area contributed by atoms with E-state index in [1.165, 1.54) is 28.6 Å². The van der Waals surface area contributed by atoms with Crippen molar-refractivity contribution in [1.82, 2.24) is 14.5 Å². The average Bonchev–Trinajstić information content (AvgIpc) is 3.32. The first-order valence-electron chi connectivity index (χ1n) is 10.7. The normalized spacial score (nSPS) is 15.6. The van der Waals surface area contributed by atoms with E-state index in [2.05, 4.69) is 15.5 Å². The first-order valence-corrected chi connectivity index (χ1v) is 14.0. The monoisotopic (exact) mass is 520 g/mol. The number of anilines is 1. The van der Waals surface area contributed by atoms with Gasteiger partial charge in [-0.3, -0.25) is 10.1 Å². The van der Waals surface area contributed by atoms with Gasteiger partial charge in [0.05, 0.1) is 12.0 Å². The molecule has 0 radical (unpaired) electrons. The van der Waals surface area contributed by atoms with Crippen molar-refractivity contribution < 1.29 is 30.8 Å². The van der Waals surface area contributed by atoms with Crippen LogP contribution in [0.2, 0.25) is 0 Å². The zero-order valence-electron chi connectivity index (χ0n) is 19.0. The van der Waals surface area contributed by atoms with Gasteiger partial charge >= 0.3 is 6.01 Å². The van der Waals surface area contributed by atoms with E-state index in [0.29, 0.717) is 11.3 Å². The van der Waals surface area contributed by atoms with E-state index in [0.717, 1.165) is 6.26 Å². The third-order valence-electron chi connectivity index (χ3n) is 5.68. The van der Waals surface area contributed by atoms with E-state index >= 15 is 0 Å². The molecule has 0 spiro atoms. The largest absolute Gasteiger partial charge is 0.497 e. The van der Waals surface area contributed by atoms with Gasteiger partial charge in [-0.05, 0) is 49.2 Å². The summed E-state index contributed by atoms with van der Waals surface area (Å²) in [5, 5.41) is 10.4. The molecule has 1 aromatic heterocycles. The van der Waals surface area contributed by atoms with Crippen LogP contribution >= 0.6 is 0 Å². The molecular weight excluding hydrogens is 496 g/mol. The van der Waals surface area contributed by atoms with Gasteiger partial charge in [-0.1, -0.05) is 17.2 Å². The highest BCUT2D eigenvalue weighted by molar-refractivity contribution is 7.93. The van der Waals surface area contributed by atoms with Crippen LogP contribution in [0.25, 0.3) is 11.5 Å². The third-order valence-corrected chi connectivity index (χ3v) is 8.92. The van der Waals surface area contributed by atoms with Crippen LogP contribution in [0.5, 0.6) is 5.75 Å². The molecule has 1 saturated heterocycles. The zero-order chi connectivity index (χ0) is 25.2. The van der Waals surface area contributed by atoms with Crippen LogP contribution < -0.4 is 10.1 Å². The maximum absolute atomic E-state index is 13.1. The van der Waals surface area contributed by atoms with E-state index < -0.39 is 25.8 Å². The number of nitrogens with zero attached hydrogens (tertiary/aromatic N) is 3. The van der Waals surface area contributed by atoms with Crippen LogP contribution in [0, 0.1) is 5.92 Å². The minimum atomic E-state index is -4.04. The highest BCUT2D eigenvalue weighted by atomic mass is 32.2. The molecule has 186 valence electrons. The molecule has 1 aliphatic heterocycles. The fourth-order valence-corrected chi connectivity index (χ4v) is 6.87. The molecule has 35 heavy (non-hydrogen) atoms. The summed E-state index contributed by atoms with van der Waals surface area (Å²) in [6.07, 6.45) is 1.48. The number of sulfone groups is 1. The molecule has 13 heteroatoms. The quantitative estimate of drug-likeness (QED) is 0.495. The smallest absolute Gasteiger partial charge is 0.322 e. The van der Waals surface area contributed by atoms with Crippen molar-refractivity contribution in [3.8, 4) is 17.2 Å². The molecule has 0 saturated carbocycles. The predicted molar refractivity (Wildman–Crippen MR) is 126 cm³/mol. The number of rotatable bonds is 7. The average molecular weight is 521 g/mol. The van der Waals surface area contributed by atoms with Crippen LogP contribution in [0.1, 0.15) is 12.8 Å². The minimum absolute atomic E-state index is 0.0575. The lowest BCUT2D eigenvalue weighted by Gasteiger charge is -2.30. The first kappa shape index (κ1) is 24.8. The molecule has 1 N–H and O–H groups in total. The molecule has 1 aliphatic rings. The summed E-state index contributed by atoms with van der Waals surface area (Å²) in [5.74, 6) is 0.0785. The van der Waals surface area contributed by atoms with E-state index in [-0.39, 0.29) is 53.5 Å². The summed E-state index contributed by atoms with van der Waals surface area (Å²) < 4.78 is 62.2. The Bertz CT molecular complexity index is 1430.